The van der Waals surface area contributed by atoms with Gasteiger partial charge in [0.2, 0.25) is 0 Å². The van der Waals surface area contributed by atoms with Crippen LogP contribution in [-0.4, -0.2) is 9.38 Å². The van der Waals surface area contributed by atoms with E-state index in [1.807, 2.05) is 30.5 Å². The van der Waals surface area contributed by atoms with Gasteiger partial charge in [0.05, 0.1) is 5.69 Å². The smallest absolute Gasteiger partial charge is 0.258 e. The summed E-state index contributed by atoms with van der Waals surface area (Å²) < 4.78 is 1.61. The highest BCUT2D eigenvalue weighted by molar-refractivity contribution is 5.83. The van der Waals surface area contributed by atoms with Crippen LogP contribution in [0.3, 0.4) is 0 Å². The Bertz CT molecular complexity index is 1790. The van der Waals surface area contributed by atoms with Crippen LogP contribution in [0.2, 0.25) is 0 Å². The first-order chi connectivity index (χ1) is 18.8. The van der Waals surface area contributed by atoms with Crippen molar-refractivity contribution in [3.8, 4) is 44.5 Å². The Morgan fingerprint density at radius 2 is 0.974 bits per heavy atom. The minimum atomic E-state index is -0.204. The van der Waals surface area contributed by atoms with Crippen molar-refractivity contribution in [1.82, 2.24) is 9.38 Å². The van der Waals surface area contributed by atoms with Crippen LogP contribution in [0.5, 0.6) is 0 Å². The second kappa shape index (κ2) is 9.85. The molecule has 0 spiro atoms. The molecule has 0 amide bonds. The Morgan fingerprint density at radius 3 is 1.54 bits per heavy atom. The normalized spacial score (nSPS) is 11.6. The fourth-order valence-corrected chi connectivity index (χ4v) is 4.93. The van der Waals surface area contributed by atoms with Gasteiger partial charge in [-0.1, -0.05) is 99.6 Å². The van der Waals surface area contributed by atoms with Gasteiger partial charge in [0.25, 0.3) is 5.56 Å². The van der Waals surface area contributed by atoms with Crippen LogP contribution in [0.25, 0.3) is 50.2 Å². The standard InChI is InChI=1S/C36H30N2O/c1-36(2,3)33-24-35(39)38-18-17-29(23-34(38)37-33)27-15-10-16-28(19-27)32-21-30(25-11-6-4-7-12-25)20-31(22-32)26-13-8-5-9-14-26/h4-24H,1-3H3. The van der Waals surface area contributed by atoms with Gasteiger partial charge in [0, 0.05) is 17.7 Å². The van der Waals surface area contributed by atoms with E-state index in [0.717, 1.165) is 27.9 Å². The number of aromatic nitrogens is 2. The lowest BCUT2D eigenvalue weighted by atomic mass is 9.92. The van der Waals surface area contributed by atoms with Crippen molar-refractivity contribution < 1.29 is 0 Å². The predicted molar refractivity (Wildman–Crippen MR) is 162 cm³/mol. The highest BCUT2D eigenvalue weighted by atomic mass is 16.1. The lowest BCUT2D eigenvalue weighted by Crippen LogP contribution is -2.22. The SMILES string of the molecule is CC(C)(C)c1cc(=O)n2ccc(-c3cccc(-c4cc(-c5ccccc5)cc(-c5ccccc5)c4)c3)cc2n1. The molecule has 0 aliphatic rings. The molecule has 3 nitrogen and oxygen atoms in total. The lowest BCUT2D eigenvalue weighted by Gasteiger charge is -2.18. The minimum Gasteiger partial charge on any atom is -0.269 e. The zero-order valence-electron chi connectivity index (χ0n) is 22.4. The molecule has 0 saturated carbocycles. The summed E-state index contributed by atoms with van der Waals surface area (Å²) in [5, 5.41) is 0. The molecule has 190 valence electrons. The van der Waals surface area contributed by atoms with Crippen LogP contribution in [0, 0.1) is 0 Å². The Hall–Kier alpha value is -4.76. The molecule has 0 aliphatic carbocycles. The predicted octanol–water partition coefficient (Wildman–Crippen LogP) is 8.66. The van der Waals surface area contributed by atoms with Crippen LogP contribution in [0.1, 0.15) is 26.5 Å². The maximum atomic E-state index is 12.8. The summed E-state index contributed by atoms with van der Waals surface area (Å²) in [5.41, 5.74) is 10.3. The molecule has 2 aromatic heterocycles. The maximum absolute atomic E-state index is 12.8. The van der Waals surface area contributed by atoms with E-state index in [-0.39, 0.29) is 11.0 Å². The molecule has 2 heterocycles. The first-order valence-electron chi connectivity index (χ1n) is 13.3. The van der Waals surface area contributed by atoms with Crippen LogP contribution in [0.15, 0.2) is 132 Å². The number of fused-ring (bicyclic) bond motifs is 1. The molecule has 0 unspecified atom stereocenters. The third-order valence-corrected chi connectivity index (χ3v) is 7.11. The summed E-state index contributed by atoms with van der Waals surface area (Å²) in [6.07, 6.45) is 1.82. The molecule has 0 saturated heterocycles. The largest absolute Gasteiger partial charge is 0.269 e. The van der Waals surface area contributed by atoms with Gasteiger partial charge in [-0.2, -0.15) is 0 Å². The van der Waals surface area contributed by atoms with Gasteiger partial charge in [0.15, 0.2) is 0 Å². The van der Waals surface area contributed by atoms with Crippen LogP contribution < -0.4 is 5.56 Å². The average molecular weight is 507 g/mol. The second-order valence-corrected chi connectivity index (χ2v) is 11.0. The third kappa shape index (κ3) is 5.04. The molecule has 0 atom stereocenters. The molecule has 6 rings (SSSR count). The Kier molecular flexibility index (Phi) is 6.20. The van der Waals surface area contributed by atoms with Crippen molar-refractivity contribution in [2.24, 2.45) is 0 Å². The molecule has 3 heteroatoms. The summed E-state index contributed by atoms with van der Waals surface area (Å²) in [7, 11) is 0. The van der Waals surface area contributed by atoms with Gasteiger partial charge in [0.1, 0.15) is 5.65 Å². The Labute approximate surface area is 229 Å². The summed E-state index contributed by atoms with van der Waals surface area (Å²) >= 11 is 0. The molecule has 4 aromatic carbocycles. The van der Waals surface area contributed by atoms with Crippen LogP contribution in [-0.2, 0) is 5.41 Å². The number of hydrogen-bond acceptors (Lipinski definition) is 2. The summed E-state index contributed by atoms with van der Waals surface area (Å²) in [6.45, 7) is 6.23. The van der Waals surface area contributed by atoms with E-state index < -0.39 is 0 Å². The van der Waals surface area contributed by atoms with Crippen molar-refractivity contribution in [1.29, 1.82) is 0 Å². The highest BCUT2D eigenvalue weighted by Crippen LogP contribution is 2.34. The molecule has 6 aromatic rings. The van der Waals surface area contributed by atoms with E-state index in [4.69, 9.17) is 4.98 Å². The first kappa shape index (κ1) is 24.6. The van der Waals surface area contributed by atoms with Crippen molar-refractivity contribution in [2.45, 2.75) is 26.2 Å². The van der Waals surface area contributed by atoms with Gasteiger partial charge in [-0.15, -0.1) is 0 Å². The quantitative estimate of drug-likeness (QED) is 0.240. The minimum absolute atomic E-state index is 0.0589. The van der Waals surface area contributed by atoms with Gasteiger partial charge < -0.3 is 0 Å². The van der Waals surface area contributed by atoms with E-state index in [1.165, 1.54) is 22.3 Å². The van der Waals surface area contributed by atoms with Gasteiger partial charge in [-0.3, -0.25) is 9.20 Å². The third-order valence-electron chi connectivity index (χ3n) is 7.11. The molecule has 0 aliphatic heterocycles. The van der Waals surface area contributed by atoms with Crippen molar-refractivity contribution >= 4 is 5.65 Å². The van der Waals surface area contributed by atoms with Gasteiger partial charge in [-0.05, 0) is 80.9 Å². The summed E-state index contributed by atoms with van der Waals surface area (Å²) in [4.78, 5) is 17.6. The fraction of sp³-hybridized carbons (Fsp3) is 0.111. The van der Waals surface area contributed by atoms with Crippen LogP contribution in [0.4, 0.5) is 0 Å². The highest BCUT2D eigenvalue weighted by Gasteiger charge is 2.17. The number of benzene rings is 4. The van der Waals surface area contributed by atoms with Crippen LogP contribution >= 0.6 is 0 Å². The number of rotatable bonds is 4. The zero-order chi connectivity index (χ0) is 27.0. The van der Waals surface area contributed by atoms with Crippen molar-refractivity contribution in [3.05, 3.63) is 144 Å². The zero-order valence-corrected chi connectivity index (χ0v) is 22.4. The summed E-state index contributed by atoms with van der Waals surface area (Å²) in [6, 6.07) is 42.0. The van der Waals surface area contributed by atoms with Gasteiger partial charge >= 0.3 is 0 Å². The van der Waals surface area contributed by atoms with Gasteiger partial charge in [-0.25, -0.2) is 4.98 Å². The van der Waals surface area contributed by atoms with E-state index in [9.17, 15) is 4.79 Å². The van der Waals surface area contributed by atoms with E-state index in [1.54, 1.807) is 10.5 Å². The van der Waals surface area contributed by atoms with Crippen molar-refractivity contribution in [3.63, 3.8) is 0 Å². The molecular weight excluding hydrogens is 476 g/mol. The topological polar surface area (TPSA) is 34.4 Å². The van der Waals surface area contributed by atoms with E-state index in [2.05, 4.69) is 112 Å². The number of nitrogens with zero attached hydrogens (tertiary/aromatic N) is 2. The van der Waals surface area contributed by atoms with Crippen molar-refractivity contribution in [2.75, 3.05) is 0 Å². The molecule has 0 radical (unpaired) electrons. The second-order valence-electron chi connectivity index (χ2n) is 11.0. The number of hydrogen-bond donors (Lipinski definition) is 0. The fourth-order valence-electron chi connectivity index (χ4n) is 4.93. The first-order valence-corrected chi connectivity index (χ1v) is 13.3. The average Bonchev–Trinajstić information content (AvgIpc) is 2.97. The summed E-state index contributed by atoms with van der Waals surface area (Å²) in [5.74, 6) is 0. The number of pyridine rings is 1. The lowest BCUT2D eigenvalue weighted by molar-refractivity contribution is 0.567. The molecule has 0 fully saturated rings. The molecule has 0 N–H and O–H groups in total. The Balaban J connectivity index is 1.47. The Morgan fingerprint density at radius 1 is 0.513 bits per heavy atom. The van der Waals surface area contributed by atoms with E-state index in [0.29, 0.717) is 5.65 Å². The van der Waals surface area contributed by atoms with E-state index >= 15 is 0 Å². The molecule has 0 bridgehead atoms. The molecule has 39 heavy (non-hydrogen) atoms. The molecular formula is C36H30N2O. The maximum Gasteiger partial charge on any atom is 0.258 e. The monoisotopic (exact) mass is 506 g/mol.